The first kappa shape index (κ1) is 15.9. The van der Waals surface area contributed by atoms with Crippen LogP contribution in [0.1, 0.15) is 30.4 Å². The van der Waals surface area contributed by atoms with Crippen molar-refractivity contribution in [1.82, 2.24) is 0 Å². The van der Waals surface area contributed by atoms with E-state index in [1.165, 1.54) is 0 Å². The van der Waals surface area contributed by atoms with E-state index in [9.17, 15) is 8.76 Å². The second kappa shape index (κ2) is 7.53. The van der Waals surface area contributed by atoms with Crippen molar-refractivity contribution in [1.29, 1.82) is 0 Å². The molecule has 0 bridgehead atoms. The lowest BCUT2D eigenvalue weighted by Crippen LogP contribution is -2.07. The van der Waals surface area contributed by atoms with Crippen molar-refractivity contribution in [3.05, 3.63) is 71.8 Å². The Bertz CT molecular complexity index is 547. The van der Waals surface area contributed by atoms with Crippen molar-refractivity contribution in [2.24, 2.45) is 0 Å². The highest BCUT2D eigenvalue weighted by molar-refractivity contribution is 7.53. The van der Waals surface area contributed by atoms with Gasteiger partial charge in [0.2, 0.25) is 0 Å². The predicted octanol–water partition coefficient (Wildman–Crippen LogP) is 5.41. The summed E-state index contributed by atoms with van der Waals surface area (Å²) in [7, 11) is -4.10. The zero-order valence-electron chi connectivity index (χ0n) is 12.1. The molecule has 4 heteroatoms. The van der Waals surface area contributed by atoms with E-state index in [0.29, 0.717) is 6.42 Å². The Morgan fingerprint density at radius 2 is 1.48 bits per heavy atom. The zero-order chi connectivity index (χ0) is 15.1. The molecule has 0 spiro atoms. The second-order valence-electron chi connectivity index (χ2n) is 4.98. The highest BCUT2D eigenvalue weighted by Gasteiger charge is 2.29. The molecule has 2 nitrogen and oxygen atoms in total. The van der Waals surface area contributed by atoms with Crippen molar-refractivity contribution in [2.45, 2.75) is 19.3 Å². The molecular formula is C17H20FO2P. The van der Waals surface area contributed by atoms with Crippen molar-refractivity contribution in [3.63, 3.8) is 0 Å². The Balaban J connectivity index is 2.27. The van der Waals surface area contributed by atoms with Gasteiger partial charge in [0.25, 0.3) is 0 Å². The maximum absolute atomic E-state index is 14.2. The Labute approximate surface area is 125 Å². The molecule has 2 aromatic carbocycles. The van der Waals surface area contributed by atoms with E-state index >= 15 is 0 Å². The van der Waals surface area contributed by atoms with Crippen LogP contribution in [0, 0.1) is 0 Å². The Morgan fingerprint density at radius 3 is 1.90 bits per heavy atom. The first-order valence-corrected chi connectivity index (χ1v) is 8.85. The third-order valence-electron chi connectivity index (χ3n) is 3.29. The average molecular weight is 306 g/mol. The first-order chi connectivity index (χ1) is 10.1. The van der Waals surface area contributed by atoms with Crippen LogP contribution in [0.4, 0.5) is 4.20 Å². The molecule has 0 aliphatic carbocycles. The van der Waals surface area contributed by atoms with Crippen LogP contribution in [0.25, 0.3) is 0 Å². The molecule has 2 rings (SSSR count). The monoisotopic (exact) mass is 306 g/mol. The molecule has 0 aliphatic heterocycles. The van der Waals surface area contributed by atoms with Gasteiger partial charge < -0.3 is 4.52 Å². The molecule has 0 saturated heterocycles. The third kappa shape index (κ3) is 4.80. The van der Waals surface area contributed by atoms with Crippen LogP contribution in [-0.4, -0.2) is 12.8 Å². The van der Waals surface area contributed by atoms with Gasteiger partial charge in [0.05, 0.1) is 12.8 Å². The van der Waals surface area contributed by atoms with Crippen LogP contribution in [0.2, 0.25) is 0 Å². The minimum Gasteiger partial charge on any atom is -0.306 e. The van der Waals surface area contributed by atoms with Gasteiger partial charge in [0, 0.05) is 5.92 Å². The van der Waals surface area contributed by atoms with E-state index in [1.54, 1.807) is 0 Å². The molecular weight excluding hydrogens is 286 g/mol. The normalized spacial score (nSPS) is 14.0. The molecule has 0 amide bonds. The van der Waals surface area contributed by atoms with Crippen LogP contribution in [0.15, 0.2) is 60.7 Å². The fourth-order valence-electron chi connectivity index (χ4n) is 2.27. The highest BCUT2D eigenvalue weighted by Crippen LogP contribution is 2.53. The summed E-state index contributed by atoms with van der Waals surface area (Å²) in [4.78, 5) is 0. The Morgan fingerprint density at radius 1 is 1.00 bits per heavy atom. The maximum Gasteiger partial charge on any atom is 0.368 e. The minimum atomic E-state index is -4.10. The molecule has 0 heterocycles. The van der Waals surface area contributed by atoms with Gasteiger partial charge in [-0.15, -0.1) is 0 Å². The molecule has 21 heavy (non-hydrogen) atoms. The van der Waals surface area contributed by atoms with Gasteiger partial charge in [-0.25, -0.2) is 0 Å². The van der Waals surface area contributed by atoms with E-state index in [0.717, 1.165) is 11.1 Å². The zero-order valence-corrected chi connectivity index (χ0v) is 13.0. The summed E-state index contributed by atoms with van der Waals surface area (Å²) < 4.78 is 31.2. The SMILES string of the molecule is CCCOP(=O)(F)CC(c1ccccc1)c1ccccc1. The van der Waals surface area contributed by atoms with Crippen molar-refractivity contribution >= 4 is 7.68 Å². The number of halogens is 1. The molecule has 0 radical (unpaired) electrons. The summed E-state index contributed by atoms with van der Waals surface area (Å²) >= 11 is 0. The fraction of sp³-hybridized carbons (Fsp3) is 0.294. The summed E-state index contributed by atoms with van der Waals surface area (Å²) in [5, 5.41) is 0. The molecule has 1 atom stereocenters. The first-order valence-electron chi connectivity index (χ1n) is 7.15. The maximum atomic E-state index is 14.2. The van der Waals surface area contributed by atoms with Gasteiger partial charge in [0.15, 0.2) is 0 Å². The van der Waals surface area contributed by atoms with Crippen LogP contribution in [0.3, 0.4) is 0 Å². The number of rotatable bonds is 7. The van der Waals surface area contributed by atoms with E-state index in [1.807, 2.05) is 67.6 Å². The second-order valence-corrected chi connectivity index (χ2v) is 6.78. The van der Waals surface area contributed by atoms with Crippen molar-refractivity contribution in [2.75, 3.05) is 12.8 Å². The molecule has 112 valence electrons. The topological polar surface area (TPSA) is 26.3 Å². The predicted molar refractivity (Wildman–Crippen MR) is 84.6 cm³/mol. The van der Waals surface area contributed by atoms with Gasteiger partial charge in [-0.2, -0.15) is 4.20 Å². The summed E-state index contributed by atoms with van der Waals surface area (Å²) in [6.07, 6.45) is 0.524. The summed E-state index contributed by atoms with van der Waals surface area (Å²) in [6.45, 7) is 2.05. The number of benzene rings is 2. The Hall–Kier alpha value is -1.44. The van der Waals surface area contributed by atoms with E-state index < -0.39 is 7.68 Å². The van der Waals surface area contributed by atoms with Crippen molar-refractivity contribution < 1.29 is 13.3 Å². The number of hydrogen-bond donors (Lipinski definition) is 0. The molecule has 0 N–H and O–H groups in total. The summed E-state index contributed by atoms with van der Waals surface area (Å²) in [5.74, 6) is -0.264. The molecule has 0 saturated carbocycles. The highest BCUT2D eigenvalue weighted by atomic mass is 31.2. The smallest absolute Gasteiger partial charge is 0.306 e. The number of hydrogen-bond acceptors (Lipinski definition) is 2. The van der Waals surface area contributed by atoms with Gasteiger partial charge in [-0.1, -0.05) is 67.6 Å². The van der Waals surface area contributed by atoms with Crippen LogP contribution >= 0.6 is 7.68 Å². The van der Waals surface area contributed by atoms with Crippen LogP contribution in [-0.2, 0) is 9.09 Å². The molecule has 2 aromatic rings. The lowest BCUT2D eigenvalue weighted by atomic mass is 9.93. The van der Waals surface area contributed by atoms with Gasteiger partial charge in [0.1, 0.15) is 0 Å². The summed E-state index contributed by atoms with van der Waals surface area (Å²) in [6, 6.07) is 19.2. The average Bonchev–Trinajstić information content (AvgIpc) is 2.52. The van der Waals surface area contributed by atoms with Crippen molar-refractivity contribution in [3.8, 4) is 0 Å². The van der Waals surface area contributed by atoms with Gasteiger partial charge in [-0.05, 0) is 17.5 Å². The molecule has 0 fully saturated rings. The lowest BCUT2D eigenvalue weighted by molar-refractivity contribution is 0.286. The van der Waals surface area contributed by atoms with Crippen LogP contribution < -0.4 is 0 Å². The Kier molecular flexibility index (Phi) is 5.72. The van der Waals surface area contributed by atoms with Crippen LogP contribution in [0.5, 0.6) is 0 Å². The van der Waals surface area contributed by atoms with E-state index in [4.69, 9.17) is 4.52 Å². The standard InChI is InChI=1S/C17H20FO2P/c1-2-13-20-21(18,19)14-17(15-9-5-3-6-10-15)16-11-7-4-8-12-16/h3-12,17H,2,13-14H2,1H3. The minimum absolute atomic E-state index is 0.124. The van der Waals surface area contributed by atoms with Gasteiger partial charge in [-0.3, -0.25) is 4.57 Å². The largest absolute Gasteiger partial charge is 0.368 e. The molecule has 0 aromatic heterocycles. The van der Waals surface area contributed by atoms with E-state index in [2.05, 4.69) is 0 Å². The van der Waals surface area contributed by atoms with E-state index in [-0.39, 0.29) is 18.7 Å². The van der Waals surface area contributed by atoms with Gasteiger partial charge >= 0.3 is 7.68 Å². The third-order valence-corrected chi connectivity index (χ3v) is 4.66. The lowest BCUT2D eigenvalue weighted by Gasteiger charge is -2.20. The summed E-state index contributed by atoms with van der Waals surface area (Å²) in [5.41, 5.74) is 1.89. The fourth-order valence-corrected chi connectivity index (χ4v) is 3.69. The quantitative estimate of drug-likeness (QED) is 0.639. The molecule has 1 unspecified atom stereocenters. The molecule has 0 aliphatic rings.